The zero-order chi connectivity index (χ0) is 10.1. The summed E-state index contributed by atoms with van der Waals surface area (Å²) in [5.41, 5.74) is 1.61. The highest BCUT2D eigenvalue weighted by Crippen LogP contribution is 2.03. The second kappa shape index (κ2) is 3.44. The molecule has 0 saturated heterocycles. The third-order valence-corrected chi connectivity index (χ3v) is 2.13. The number of nitrogens with one attached hydrogen (secondary N) is 1. The molecule has 6 nitrogen and oxygen atoms in total. The van der Waals surface area contributed by atoms with Crippen LogP contribution in [-0.4, -0.2) is 18.2 Å². The molecule has 0 aliphatic carbocycles. The lowest BCUT2D eigenvalue weighted by Crippen LogP contribution is -2.30. The van der Waals surface area contributed by atoms with Crippen LogP contribution in [-0.2, 0) is 23.8 Å². The van der Waals surface area contributed by atoms with Gasteiger partial charge < -0.3 is 0 Å². The molecule has 1 aromatic rings. The van der Waals surface area contributed by atoms with Crippen molar-refractivity contribution in [2.24, 2.45) is 12.2 Å². The maximum absolute atomic E-state index is 10.6. The van der Waals surface area contributed by atoms with Crippen LogP contribution < -0.4 is 9.86 Å². The van der Waals surface area contributed by atoms with E-state index in [-0.39, 0.29) is 6.54 Å². The van der Waals surface area contributed by atoms with Crippen LogP contribution in [0.25, 0.3) is 0 Å². The fourth-order valence-corrected chi connectivity index (χ4v) is 1.36. The summed E-state index contributed by atoms with van der Waals surface area (Å²) in [4.78, 5) is 0. The lowest BCUT2D eigenvalue weighted by atomic mass is 10.3. The van der Waals surface area contributed by atoms with E-state index >= 15 is 0 Å². The van der Waals surface area contributed by atoms with E-state index < -0.39 is 10.2 Å². The number of rotatable bonds is 3. The summed E-state index contributed by atoms with van der Waals surface area (Å²) in [6.45, 7) is 1.98. The third-order valence-electron chi connectivity index (χ3n) is 1.58. The van der Waals surface area contributed by atoms with Crippen LogP contribution in [0.3, 0.4) is 0 Å². The van der Waals surface area contributed by atoms with Gasteiger partial charge in [0, 0.05) is 25.4 Å². The van der Waals surface area contributed by atoms with Crippen molar-refractivity contribution < 1.29 is 8.42 Å². The molecule has 0 radical (unpaired) electrons. The van der Waals surface area contributed by atoms with E-state index in [0.29, 0.717) is 0 Å². The van der Waals surface area contributed by atoms with E-state index in [1.54, 1.807) is 24.9 Å². The summed E-state index contributed by atoms with van der Waals surface area (Å²) in [6, 6.07) is 0. The molecule has 7 heteroatoms. The summed E-state index contributed by atoms with van der Waals surface area (Å²) >= 11 is 0. The van der Waals surface area contributed by atoms with Crippen LogP contribution in [0, 0.1) is 6.92 Å². The van der Waals surface area contributed by atoms with Gasteiger partial charge in [-0.1, -0.05) is 0 Å². The Bertz CT molecular complexity index is 395. The van der Waals surface area contributed by atoms with Gasteiger partial charge in [-0.05, 0) is 6.92 Å². The molecule has 0 amide bonds. The first kappa shape index (κ1) is 10.2. The molecule has 0 aliphatic heterocycles. The molecule has 1 aromatic heterocycles. The minimum atomic E-state index is -3.62. The number of nitrogens with zero attached hydrogens (tertiary/aromatic N) is 2. The average molecular weight is 204 g/mol. The molecule has 0 spiro atoms. The molecule has 0 aromatic carbocycles. The Labute approximate surface area is 76.9 Å². The molecule has 0 saturated carbocycles. The third kappa shape index (κ3) is 3.13. The van der Waals surface area contributed by atoms with Crippen molar-refractivity contribution >= 4 is 10.2 Å². The SMILES string of the molecule is Cc1nn(C)cc1CNS(N)(=O)=O. The van der Waals surface area contributed by atoms with Crippen LogP contribution in [0.4, 0.5) is 0 Å². The highest BCUT2D eigenvalue weighted by atomic mass is 32.2. The maximum Gasteiger partial charge on any atom is 0.274 e. The second-order valence-electron chi connectivity index (χ2n) is 2.78. The van der Waals surface area contributed by atoms with Gasteiger partial charge in [-0.25, -0.2) is 5.14 Å². The summed E-state index contributed by atoms with van der Waals surface area (Å²) in [5, 5.41) is 8.83. The van der Waals surface area contributed by atoms with E-state index in [9.17, 15) is 8.42 Å². The second-order valence-corrected chi connectivity index (χ2v) is 4.16. The summed E-state index contributed by atoms with van der Waals surface area (Å²) in [7, 11) is -1.85. The lowest BCUT2D eigenvalue weighted by molar-refractivity contribution is 0.583. The zero-order valence-corrected chi connectivity index (χ0v) is 8.30. The van der Waals surface area contributed by atoms with Gasteiger partial charge in [0.2, 0.25) is 0 Å². The van der Waals surface area contributed by atoms with Crippen LogP contribution in [0.15, 0.2) is 6.20 Å². The quantitative estimate of drug-likeness (QED) is 0.663. The van der Waals surface area contributed by atoms with Gasteiger partial charge in [-0.15, -0.1) is 0 Å². The van der Waals surface area contributed by atoms with Crippen LogP contribution in [0.1, 0.15) is 11.3 Å². The van der Waals surface area contributed by atoms with E-state index in [1.165, 1.54) is 0 Å². The molecule has 74 valence electrons. The Morgan fingerprint density at radius 1 is 1.69 bits per heavy atom. The zero-order valence-electron chi connectivity index (χ0n) is 7.48. The monoisotopic (exact) mass is 204 g/mol. The first-order chi connectivity index (χ1) is 5.88. The molecule has 13 heavy (non-hydrogen) atoms. The Kier molecular flexibility index (Phi) is 2.69. The van der Waals surface area contributed by atoms with Gasteiger partial charge >= 0.3 is 0 Å². The molecule has 1 heterocycles. The molecule has 0 aliphatic rings. The first-order valence-corrected chi connectivity index (χ1v) is 5.19. The highest BCUT2D eigenvalue weighted by molar-refractivity contribution is 7.87. The predicted molar refractivity (Wildman–Crippen MR) is 47.9 cm³/mol. The van der Waals surface area contributed by atoms with Gasteiger partial charge in [-0.3, -0.25) is 4.68 Å². The standard InChI is InChI=1S/C6H12N4O2S/c1-5-6(4-10(2)9-5)3-8-13(7,11)12/h4,8H,3H2,1-2H3,(H2,7,11,12). The minimum Gasteiger partial charge on any atom is -0.275 e. The van der Waals surface area contributed by atoms with Gasteiger partial charge in [0.05, 0.1) is 5.69 Å². The topological polar surface area (TPSA) is 90.0 Å². The molecule has 0 bridgehead atoms. The summed E-state index contributed by atoms with van der Waals surface area (Å²) in [5.74, 6) is 0. The van der Waals surface area contributed by atoms with Crippen molar-refractivity contribution in [1.82, 2.24) is 14.5 Å². The normalized spacial score (nSPS) is 11.9. The van der Waals surface area contributed by atoms with Crippen molar-refractivity contribution in [2.75, 3.05) is 0 Å². The average Bonchev–Trinajstić information content (AvgIpc) is 2.24. The Morgan fingerprint density at radius 3 is 2.69 bits per heavy atom. The molecular weight excluding hydrogens is 192 g/mol. The van der Waals surface area contributed by atoms with Crippen molar-refractivity contribution in [1.29, 1.82) is 0 Å². The van der Waals surface area contributed by atoms with Gasteiger partial charge in [-0.2, -0.15) is 18.2 Å². The molecule has 0 atom stereocenters. The maximum atomic E-state index is 10.6. The van der Waals surface area contributed by atoms with Crippen LogP contribution >= 0.6 is 0 Å². The smallest absolute Gasteiger partial charge is 0.274 e. The van der Waals surface area contributed by atoms with E-state index in [2.05, 4.69) is 9.82 Å². The lowest BCUT2D eigenvalue weighted by Gasteiger charge is -1.98. The molecular formula is C6H12N4O2S. The van der Waals surface area contributed by atoms with Gasteiger partial charge in [0.25, 0.3) is 10.2 Å². The number of nitrogens with two attached hydrogens (primary N) is 1. The fraction of sp³-hybridized carbons (Fsp3) is 0.500. The van der Waals surface area contributed by atoms with Crippen molar-refractivity contribution in [3.05, 3.63) is 17.5 Å². The molecule has 1 rings (SSSR count). The van der Waals surface area contributed by atoms with Crippen molar-refractivity contribution in [3.8, 4) is 0 Å². The molecule has 3 N–H and O–H groups in total. The Hall–Kier alpha value is -0.920. The molecule has 0 fully saturated rings. The summed E-state index contributed by atoms with van der Waals surface area (Å²) in [6.07, 6.45) is 1.74. The van der Waals surface area contributed by atoms with Crippen molar-refractivity contribution in [3.63, 3.8) is 0 Å². The van der Waals surface area contributed by atoms with Gasteiger partial charge in [0.15, 0.2) is 0 Å². The highest BCUT2D eigenvalue weighted by Gasteiger charge is 2.06. The van der Waals surface area contributed by atoms with Crippen LogP contribution in [0.5, 0.6) is 0 Å². The summed E-state index contributed by atoms with van der Waals surface area (Å²) < 4.78 is 24.9. The minimum absolute atomic E-state index is 0.179. The van der Waals surface area contributed by atoms with E-state index in [1.807, 2.05) is 0 Å². The first-order valence-electron chi connectivity index (χ1n) is 3.65. The number of aromatic nitrogens is 2. The largest absolute Gasteiger partial charge is 0.275 e. The predicted octanol–water partition coefficient (Wildman–Crippen LogP) is -0.978. The Balaban J connectivity index is 2.70. The van der Waals surface area contributed by atoms with Crippen molar-refractivity contribution in [2.45, 2.75) is 13.5 Å². The van der Waals surface area contributed by atoms with Crippen LogP contribution in [0.2, 0.25) is 0 Å². The fourth-order valence-electron chi connectivity index (χ4n) is 1.00. The molecule has 0 unspecified atom stereocenters. The van der Waals surface area contributed by atoms with E-state index in [0.717, 1.165) is 11.3 Å². The number of aryl methyl sites for hydroxylation is 2. The van der Waals surface area contributed by atoms with Gasteiger partial charge in [0.1, 0.15) is 0 Å². The number of hydrogen-bond acceptors (Lipinski definition) is 3. The number of hydrogen-bond donors (Lipinski definition) is 2. The Morgan fingerprint density at radius 2 is 2.31 bits per heavy atom. The van der Waals surface area contributed by atoms with E-state index in [4.69, 9.17) is 5.14 Å².